The van der Waals surface area contributed by atoms with Crippen molar-refractivity contribution in [3.8, 4) is 0 Å². The van der Waals surface area contributed by atoms with E-state index in [2.05, 4.69) is 15.7 Å². The number of aliphatic hydroxyl groups excluding tert-OH is 1. The normalized spacial score (nSPS) is 20.5. The Balaban J connectivity index is 1.44. The predicted octanol–water partition coefficient (Wildman–Crippen LogP) is 2.60. The first kappa shape index (κ1) is 16.5. The van der Waals surface area contributed by atoms with Gasteiger partial charge in [0.25, 0.3) is 0 Å². The highest BCUT2D eigenvalue weighted by atomic mass is 16.3. The lowest BCUT2D eigenvalue weighted by Gasteiger charge is -2.25. The first-order chi connectivity index (χ1) is 11.7. The summed E-state index contributed by atoms with van der Waals surface area (Å²) in [4.78, 5) is 12.0. The minimum absolute atomic E-state index is 0.199. The van der Waals surface area contributed by atoms with Crippen molar-refractivity contribution < 1.29 is 9.90 Å². The van der Waals surface area contributed by atoms with Gasteiger partial charge in [-0.25, -0.2) is 4.79 Å². The molecule has 0 bridgehead atoms. The van der Waals surface area contributed by atoms with Crippen LogP contribution in [0, 0.1) is 5.92 Å². The van der Waals surface area contributed by atoms with Crippen LogP contribution in [0.15, 0.2) is 42.7 Å². The Kier molecular flexibility index (Phi) is 5.48. The summed E-state index contributed by atoms with van der Waals surface area (Å²) in [7, 11) is 0. The number of nitrogens with one attached hydrogen (secondary N) is 2. The molecule has 128 valence electrons. The van der Waals surface area contributed by atoms with E-state index >= 15 is 0 Å². The maximum Gasteiger partial charge on any atom is 0.319 e. The lowest BCUT2D eigenvalue weighted by atomic mass is 9.87. The van der Waals surface area contributed by atoms with E-state index in [0.29, 0.717) is 19.0 Å². The van der Waals surface area contributed by atoms with Crippen LogP contribution in [0.4, 0.5) is 10.5 Å². The number of nitrogens with zero attached hydrogens (tertiary/aromatic N) is 2. The van der Waals surface area contributed by atoms with Crippen LogP contribution in [0.1, 0.15) is 31.2 Å². The van der Waals surface area contributed by atoms with E-state index in [4.69, 9.17) is 0 Å². The van der Waals surface area contributed by atoms with Gasteiger partial charge in [-0.05, 0) is 48.9 Å². The quantitative estimate of drug-likeness (QED) is 0.789. The molecule has 1 heterocycles. The summed E-state index contributed by atoms with van der Waals surface area (Å²) < 4.78 is 1.85. The van der Waals surface area contributed by atoms with Crippen LogP contribution in [-0.4, -0.2) is 33.6 Å². The van der Waals surface area contributed by atoms with Crippen molar-refractivity contribution in [1.82, 2.24) is 15.1 Å². The average molecular weight is 328 g/mol. The van der Waals surface area contributed by atoms with Crippen molar-refractivity contribution in [3.05, 3.63) is 48.3 Å². The van der Waals surface area contributed by atoms with Crippen molar-refractivity contribution in [1.29, 1.82) is 0 Å². The summed E-state index contributed by atoms with van der Waals surface area (Å²) >= 11 is 0. The third-order valence-electron chi connectivity index (χ3n) is 4.42. The van der Waals surface area contributed by atoms with Gasteiger partial charge >= 0.3 is 6.03 Å². The number of anilines is 1. The van der Waals surface area contributed by atoms with Crippen LogP contribution in [0.2, 0.25) is 0 Å². The van der Waals surface area contributed by atoms with E-state index in [0.717, 1.165) is 36.9 Å². The number of carbonyl (C=O) groups excluding carboxylic acids is 1. The first-order valence-corrected chi connectivity index (χ1v) is 8.48. The van der Waals surface area contributed by atoms with Crippen LogP contribution < -0.4 is 10.6 Å². The van der Waals surface area contributed by atoms with Crippen LogP contribution >= 0.6 is 0 Å². The van der Waals surface area contributed by atoms with Crippen molar-refractivity contribution >= 4 is 11.7 Å². The molecule has 0 spiro atoms. The largest absolute Gasteiger partial charge is 0.393 e. The molecule has 1 aromatic carbocycles. The average Bonchev–Trinajstić information content (AvgIpc) is 3.08. The Morgan fingerprint density at radius 2 is 2.12 bits per heavy atom. The molecule has 1 aromatic heterocycles. The molecule has 1 fully saturated rings. The zero-order chi connectivity index (χ0) is 16.8. The van der Waals surface area contributed by atoms with E-state index in [1.807, 2.05) is 41.2 Å². The van der Waals surface area contributed by atoms with Gasteiger partial charge in [0.15, 0.2) is 0 Å². The molecule has 3 N–H and O–H groups in total. The number of aromatic nitrogens is 2. The van der Waals surface area contributed by atoms with E-state index in [9.17, 15) is 9.90 Å². The monoisotopic (exact) mass is 328 g/mol. The molecule has 1 saturated carbocycles. The van der Waals surface area contributed by atoms with Gasteiger partial charge < -0.3 is 15.7 Å². The summed E-state index contributed by atoms with van der Waals surface area (Å²) in [5, 5.41) is 19.6. The molecule has 0 radical (unpaired) electrons. The lowest BCUT2D eigenvalue weighted by molar-refractivity contribution is 0.101. The number of rotatable bonds is 5. The molecule has 2 atom stereocenters. The maximum atomic E-state index is 12.0. The van der Waals surface area contributed by atoms with Crippen LogP contribution in [0.3, 0.4) is 0 Å². The number of hydrogen-bond acceptors (Lipinski definition) is 3. The van der Waals surface area contributed by atoms with Crippen LogP contribution in [-0.2, 0) is 6.54 Å². The number of amides is 2. The summed E-state index contributed by atoms with van der Waals surface area (Å²) in [5.41, 5.74) is 1.89. The smallest absolute Gasteiger partial charge is 0.319 e. The second-order valence-electron chi connectivity index (χ2n) is 6.42. The molecule has 2 amide bonds. The Labute approximate surface area is 141 Å². The Bertz CT molecular complexity index is 640. The number of hydrogen-bond donors (Lipinski definition) is 3. The molecule has 1 aliphatic carbocycles. The molecule has 6 nitrogen and oxygen atoms in total. The van der Waals surface area contributed by atoms with Crippen LogP contribution in [0.5, 0.6) is 0 Å². The van der Waals surface area contributed by atoms with Gasteiger partial charge in [0, 0.05) is 24.6 Å². The molecular weight excluding hydrogens is 304 g/mol. The fraction of sp³-hybridized carbons (Fsp3) is 0.444. The number of carbonyl (C=O) groups is 1. The van der Waals surface area contributed by atoms with Crippen molar-refractivity contribution in [2.45, 2.75) is 38.3 Å². The Hall–Kier alpha value is -2.34. The van der Waals surface area contributed by atoms with Crippen LogP contribution in [0.25, 0.3) is 0 Å². The molecule has 24 heavy (non-hydrogen) atoms. The Morgan fingerprint density at radius 3 is 2.83 bits per heavy atom. The standard InChI is InChI=1S/C18H24N4O2/c23-17-4-1-3-15(11-17)12-19-18(24)21-16-7-5-14(6-8-16)13-22-10-2-9-20-22/h2,5-10,15,17,23H,1,3-4,11-13H2,(H2,19,21,24). The third-order valence-corrected chi connectivity index (χ3v) is 4.42. The van der Waals surface area contributed by atoms with E-state index in [1.54, 1.807) is 6.20 Å². The molecule has 1 aliphatic rings. The zero-order valence-electron chi connectivity index (χ0n) is 13.7. The Morgan fingerprint density at radius 1 is 1.29 bits per heavy atom. The SMILES string of the molecule is O=C(NCC1CCCC(O)C1)Nc1ccc(Cn2cccn2)cc1. The van der Waals surface area contributed by atoms with Gasteiger partial charge in [-0.15, -0.1) is 0 Å². The van der Waals surface area contributed by atoms with Gasteiger partial charge in [-0.1, -0.05) is 18.6 Å². The highest BCUT2D eigenvalue weighted by molar-refractivity contribution is 5.89. The second-order valence-corrected chi connectivity index (χ2v) is 6.42. The van der Waals surface area contributed by atoms with Crippen molar-refractivity contribution in [2.75, 3.05) is 11.9 Å². The predicted molar refractivity (Wildman–Crippen MR) is 92.8 cm³/mol. The number of benzene rings is 1. The highest BCUT2D eigenvalue weighted by Gasteiger charge is 2.20. The fourth-order valence-electron chi connectivity index (χ4n) is 3.13. The minimum Gasteiger partial charge on any atom is -0.393 e. The number of aliphatic hydroxyl groups is 1. The molecular formula is C18H24N4O2. The van der Waals surface area contributed by atoms with Gasteiger partial charge in [0.05, 0.1) is 12.6 Å². The summed E-state index contributed by atoms with van der Waals surface area (Å²) in [6.07, 6.45) is 7.23. The summed E-state index contributed by atoms with van der Waals surface area (Å²) in [6, 6.07) is 9.44. The summed E-state index contributed by atoms with van der Waals surface area (Å²) in [6.45, 7) is 1.32. The third kappa shape index (κ3) is 4.83. The van der Waals surface area contributed by atoms with Gasteiger partial charge in [0.1, 0.15) is 0 Å². The van der Waals surface area contributed by atoms with Gasteiger partial charge in [-0.3, -0.25) is 4.68 Å². The minimum atomic E-state index is -0.212. The van der Waals surface area contributed by atoms with Crippen molar-refractivity contribution in [3.63, 3.8) is 0 Å². The molecule has 6 heteroatoms. The molecule has 3 rings (SSSR count). The maximum absolute atomic E-state index is 12.0. The fourth-order valence-corrected chi connectivity index (χ4v) is 3.13. The lowest BCUT2D eigenvalue weighted by Crippen LogP contribution is -2.35. The van der Waals surface area contributed by atoms with Gasteiger partial charge in [-0.2, -0.15) is 5.10 Å². The topological polar surface area (TPSA) is 79.2 Å². The molecule has 2 unspecified atom stereocenters. The first-order valence-electron chi connectivity index (χ1n) is 8.48. The second kappa shape index (κ2) is 7.97. The van der Waals surface area contributed by atoms with Crippen molar-refractivity contribution in [2.24, 2.45) is 5.92 Å². The molecule has 0 saturated heterocycles. The van der Waals surface area contributed by atoms with E-state index < -0.39 is 0 Å². The molecule has 2 aromatic rings. The highest BCUT2D eigenvalue weighted by Crippen LogP contribution is 2.23. The summed E-state index contributed by atoms with van der Waals surface area (Å²) in [5.74, 6) is 0.371. The van der Waals surface area contributed by atoms with Gasteiger partial charge in [0.2, 0.25) is 0 Å². The van der Waals surface area contributed by atoms with E-state index in [-0.39, 0.29) is 12.1 Å². The van der Waals surface area contributed by atoms with E-state index in [1.165, 1.54) is 0 Å². The molecule has 0 aliphatic heterocycles. The zero-order valence-corrected chi connectivity index (χ0v) is 13.7. The number of urea groups is 1.